The number of fused-ring (bicyclic) bond motifs is 1. The number of aliphatic hydroxyl groups excluding tert-OH is 1. The molecule has 1 unspecified atom stereocenters. The zero-order valence-electron chi connectivity index (χ0n) is 11.0. The normalized spacial score (nSPS) is 14.8. The summed E-state index contributed by atoms with van der Waals surface area (Å²) in [5.41, 5.74) is 4.03. The predicted molar refractivity (Wildman–Crippen MR) is 73.3 cm³/mol. The van der Waals surface area contributed by atoms with Gasteiger partial charge >= 0.3 is 0 Å². The average molecular weight is 255 g/mol. The Kier molecular flexibility index (Phi) is 3.22. The van der Waals surface area contributed by atoms with Crippen molar-refractivity contribution in [3.8, 4) is 5.75 Å². The number of nitrogens with zero attached hydrogens (tertiary/aromatic N) is 1. The number of para-hydroxylation sites is 1. The largest absolute Gasteiger partial charge is 0.493 e. The molecule has 1 N–H and O–H groups in total. The van der Waals surface area contributed by atoms with Crippen LogP contribution in [0, 0.1) is 0 Å². The van der Waals surface area contributed by atoms with Crippen molar-refractivity contribution >= 4 is 0 Å². The lowest BCUT2D eigenvalue weighted by Crippen LogP contribution is -2.05. The molecule has 2 aromatic rings. The lowest BCUT2D eigenvalue weighted by Gasteiger charge is -2.17. The Hall–Kier alpha value is -1.87. The van der Waals surface area contributed by atoms with Crippen LogP contribution in [0.1, 0.15) is 35.3 Å². The van der Waals surface area contributed by atoms with Crippen LogP contribution in [0.25, 0.3) is 0 Å². The van der Waals surface area contributed by atoms with E-state index < -0.39 is 6.10 Å². The third-order valence-electron chi connectivity index (χ3n) is 3.66. The van der Waals surface area contributed by atoms with Crippen LogP contribution in [0.3, 0.4) is 0 Å². The number of aryl methyl sites for hydroxylation is 1. The van der Waals surface area contributed by atoms with Gasteiger partial charge in [-0.2, -0.15) is 0 Å². The third-order valence-corrected chi connectivity index (χ3v) is 3.66. The fraction of sp³-hybridized carbons (Fsp3) is 0.312. The van der Waals surface area contributed by atoms with Crippen LogP contribution in [0.15, 0.2) is 36.7 Å². The average Bonchev–Trinajstić information content (AvgIpc) is 2.94. The Morgan fingerprint density at radius 2 is 2.21 bits per heavy atom. The highest BCUT2D eigenvalue weighted by molar-refractivity contribution is 5.48. The van der Waals surface area contributed by atoms with Crippen molar-refractivity contribution in [1.82, 2.24) is 4.98 Å². The van der Waals surface area contributed by atoms with Crippen LogP contribution in [0.2, 0.25) is 0 Å². The van der Waals surface area contributed by atoms with Gasteiger partial charge in [-0.15, -0.1) is 0 Å². The van der Waals surface area contributed by atoms with E-state index in [9.17, 15) is 5.11 Å². The van der Waals surface area contributed by atoms with Gasteiger partial charge in [0.2, 0.25) is 0 Å². The van der Waals surface area contributed by atoms with Crippen molar-refractivity contribution in [1.29, 1.82) is 0 Å². The van der Waals surface area contributed by atoms with E-state index in [0.717, 1.165) is 35.3 Å². The summed E-state index contributed by atoms with van der Waals surface area (Å²) in [7, 11) is 0. The first-order valence-electron chi connectivity index (χ1n) is 6.66. The lowest BCUT2D eigenvalue weighted by atomic mass is 9.95. The highest BCUT2D eigenvalue weighted by Gasteiger charge is 2.22. The third kappa shape index (κ3) is 2.10. The van der Waals surface area contributed by atoms with Gasteiger partial charge in [-0.1, -0.05) is 25.1 Å². The SMILES string of the molecule is CCc1cnccc1C(O)c1cccc2c1OCC2. The number of rotatable bonds is 3. The fourth-order valence-corrected chi connectivity index (χ4v) is 2.62. The molecule has 98 valence electrons. The van der Waals surface area contributed by atoms with E-state index in [1.165, 1.54) is 5.56 Å². The van der Waals surface area contributed by atoms with E-state index in [-0.39, 0.29) is 0 Å². The Morgan fingerprint density at radius 3 is 3.05 bits per heavy atom. The number of hydrogen-bond donors (Lipinski definition) is 1. The molecule has 3 rings (SSSR count). The minimum absolute atomic E-state index is 0.647. The molecule has 0 radical (unpaired) electrons. The molecule has 0 saturated carbocycles. The molecule has 0 saturated heterocycles. The molecule has 1 aromatic carbocycles. The molecule has 3 heteroatoms. The zero-order chi connectivity index (χ0) is 13.2. The Labute approximate surface area is 112 Å². The minimum atomic E-state index is -0.647. The molecule has 19 heavy (non-hydrogen) atoms. The van der Waals surface area contributed by atoms with Crippen LogP contribution in [0.4, 0.5) is 0 Å². The van der Waals surface area contributed by atoms with Gasteiger partial charge in [0.05, 0.1) is 6.61 Å². The molecule has 3 nitrogen and oxygen atoms in total. The number of pyridine rings is 1. The Balaban J connectivity index is 2.05. The molecule has 0 amide bonds. The second kappa shape index (κ2) is 5.02. The molecular formula is C16H17NO2. The highest BCUT2D eigenvalue weighted by Crippen LogP contribution is 2.36. The Bertz CT molecular complexity index is 595. The van der Waals surface area contributed by atoms with Gasteiger partial charge in [0.1, 0.15) is 11.9 Å². The first kappa shape index (κ1) is 12.2. The number of aliphatic hydroxyl groups is 1. The van der Waals surface area contributed by atoms with Crippen molar-refractivity contribution in [3.05, 3.63) is 58.9 Å². The van der Waals surface area contributed by atoms with Crippen molar-refractivity contribution in [2.75, 3.05) is 6.61 Å². The summed E-state index contributed by atoms with van der Waals surface area (Å²) in [6.07, 6.45) is 4.68. The van der Waals surface area contributed by atoms with E-state index in [2.05, 4.69) is 18.0 Å². The van der Waals surface area contributed by atoms with Gasteiger partial charge in [-0.05, 0) is 29.2 Å². The van der Waals surface area contributed by atoms with Crippen LogP contribution < -0.4 is 4.74 Å². The lowest BCUT2D eigenvalue weighted by molar-refractivity contribution is 0.212. The summed E-state index contributed by atoms with van der Waals surface area (Å²) in [5, 5.41) is 10.7. The molecule has 0 aliphatic carbocycles. The summed E-state index contributed by atoms with van der Waals surface area (Å²) >= 11 is 0. The number of benzene rings is 1. The number of hydrogen-bond acceptors (Lipinski definition) is 3. The zero-order valence-corrected chi connectivity index (χ0v) is 11.0. The van der Waals surface area contributed by atoms with Gasteiger partial charge in [0.25, 0.3) is 0 Å². The number of ether oxygens (including phenoxy) is 1. The van der Waals surface area contributed by atoms with Crippen LogP contribution in [-0.2, 0) is 12.8 Å². The maximum absolute atomic E-state index is 10.7. The topological polar surface area (TPSA) is 42.4 Å². The Morgan fingerprint density at radius 1 is 1.32 bits per heavy atom. The van der Waals surface area contributed by atoms with Gasteiger partial charge in [0.15, 0.2) is 0 Å². The van der Waals surface area contributed by atoms with Gasteiger partial charge in [-0.25, -0.2) is 0 Å². The monoisotopic (exact) mass is 255 g/mol. The summed E-state index contributed by atoms with van der Waals surface area (Å²) < 4.78 is 5.67. The van der Waals surface area contributed by atoms with Crippen molar-refractivity contribution in [3.63, 3.8) is 0 Å². The van der Waals surface area contributed by atoms with E-state index >= 15 is 0 Å². The predicted octanol–water partition coefficient (Wildman–Crippen LogP) is 2.66. The van der Waals surface area contributed by atoms with Gasteiger partial charge < -0.3 is 9.84 Å². The van der Waals surface area contributed by atoms with Crippen molar-refractivity contribution in [2.24, 2.45) is 0 Å². The molecule has 0 fully saturated rings. The van der Waals surface area contributed by atoms with E-state index in [1.54, 1.807) is 6.20 Å². The molecule has 2 heterocycles. The molecule has 1 aromatic heterocycles. The van der Waals surface area contributed by atoms with Gasteiger partial charge in [-0.3, -0.25) is 4.98 Å². The van der Waals surface area contributed by atoms with E-state index in [0.29, 0.717) is 6.61 Å². The number of aromatic nitrogens is 1. The summed E-state index contributed by atoms with van der Waals surface area (Å²) in [5.74, 6) is 0.855. The maximum Gasteiger partial charge on any atom is 0.128 e. The molecule has 1 aliphatic rings. The molecule has 0 spiro atoms. The molecule has 1 aliphatic heterocycles. The first-order valence-corrected chi connectivity index (χ1v) is 6.66. The molecule has 1 atom stereocenters. The summed E-state index contributed by atoms with van der Waals surface area (Å²) in [6.45, 7) is 2.77. The smallest absolute Gasteiger partial charge is 0.128 e. The summed E-state index contributed by atoms with van der Waals surface area (Å²) in [4.78, 5) is 4.12. The standard InChI is InChI=1S/C16H17NO2/c1-2-11-10-17-8-6-13(11)15(18)14-5-3-4-12-7-9-19-16(12)14/h3-6,8,10,15,18H,2,7,9H2,1H3. The minimum Gasteiger partial charge on any atom is -0.493 e. The highest BCUT2D eigenvalue weighted by atomic mass is 16.5. The second-order valence-electron chi connectivity index (χ2n) is 4.76. The molecule has 0 bridgehead atoms. The van der Waals surface area contributed by atoms with Crippen LogP contribution >= 0.6 is 0 Å². The van der Waals surface area contributed by atoms with E-state index in [4.69, 9.17) is 4.74 Å². The first-order chi connectivity index (χ1) is 9.31. The second-order valence-corrected chi connectivity index (χ2v) is 4.76. The fourth-order valence-electron chi connectivity index (χ4n) is 2.62. The maximum atomic E-state index is 10.7. The van der Waals surface area contributed by atoms with Crippen LogP contribution in [0.5, 0.6) is 5.75 Å². The van der Waals surface area contributed by atoms with Crippen LogP contribution in [-0.4, -0.2) is 16.7 Å². The quantitative estimate of drug-likeness (QED) is 0.916. The van der Waals surface area contributed by atoms with E-state index in [1.807, 2.05) is 24.4 Å². The van der Waals surface area contributed by atoms with Crippen molar-refractivity contribution in [2.45, 2.75) is 25.9 Å². The summed E-state index contributed by atoms with van der Waals surface area (Å²) in [6, 6.07) is 7.87. The van der Waals surface area contributed by atoms with Gasteiger partial charge in [0, 0.05) is 24.4 Å². The van der Waals surface area contributed by atoms with Crippen molar-refractivity contribution < 1.29 is 9.84 Å². The molecular weight excluding hydrogens is 238 g/mol.